The minimum Gasteiger partial charge on any atom is -0.481 e. The van der Waals surface area contributed by atoms with Crippen molar-refractivity contribution < 1.29 is 27.5 Å². The maximum absolute atomic E-state index is 13.0. The van der Waals surface area contributed by atoms with E-state index in [0.717, 1.165) is 6.07 Å². The highest BCUT2D eigenvalue weighted by Crippen LogP contribution is 2.37. The predicted molar refractivity (Wildman–Crippen MR) is 50.4 cm³/mol. The van der Waals surface area contributed by atoms with Crippen molar-refractivity contribution in [1.29, 1.82) is 0 Å². The summed E-state index contributed by atoms with van der Waals surface area (Å²) in [6.45, 7) is 0. The van der Waals surface area contributed by atoms with Gasteiger partial charge >= 0.3 is 12.1 Å². The van der Waals surface area contributed by atoms with Crippen LogP contribution in [0.15, 0.2) is 16.6 Å². The van der Waals surface area contributed by atoms with Crippen molar-refractivity contribution in [1.82, 2.24) is 0 Å². The smallest absolute Gasteiger partial charge is 0.419 e. The molecule has 1 aromatic rings. The monoisotopic (exact) mass is 300 g/mol. The number of halogens is 5. The molecule has 0 unspecified atom stereocenters. The van der Waals surface area contributed by atoms with Gasteiger partial charge in [0.05, 0.1) is 12.0 Å². The van der Waals surface area contributed by atoms with Crippen molar-refractivity contribution in [3.63, 3.8) is 0 Å². The Labute approximate surface area is 96.0 Å². The first kappa shape index (κ1) is 13.0. The van der Waals surface area contributed by atoms with Crippen LogP contribution in [-0.4, -0.2) is 11.1 Å². The van der Waals surface area contributed by atoms with Crippen molar-refractivity contribution in [3.05, 3.63) is 33.5 Å². The molecule has 0 radical (unpaired) electrons. The van der Waals surface area contributed by atoms with E-state index in [1.54, 1.807) is 0 Å². The van der Waals surface area contributed by atoms with Gasteiger partial charge in [-0.25, -0.2) is 4.39 Å². The van der Waals surface area contributed by atoms with E-state index in [1.165, 1.54) is 0 Å². The zero-order valence-electron chi connectivity index (χ0n) is 7.61. The van der Waals surface area contributed by atoms with Crippen LogP contribution in [0.2, 0.25) is 0 Å². The third-order valence-electron chi connectivity index (χ3n) is 1.82. The molecule has 0 amide bonds. The molecular formula is C9H5BrF4O2. The van der Waals surface area contributed by atoms with Crippen molar-refractivity contribution in [3.8, 4) is 0 Å². The lowest BCUT2D eigenvalue weighted by atomic mass is 10.0. The summed E-state index contributed by atoms with van der Waals surface area (Å²) in [5.74, 6) is -2.94. The van der Waals surface area contributed by atoms with Gasteiger partial charge in [0.15, 0.2) is 0 Å². The summed E-state index contributed by atoms with van der Waals surface area (Å²) in [7, 11) is 0. The second-order valence-corrected chi connectivity index (χ2v) is 3.81. The lowest BCUT2D eigenvalue weighted by molar-refractivity contribution is -0.141. The Morgan fingerprint density at radius 1 is 1.38 bits per heavy atom. The highest BCUT2D eigenvalue weighted by molar-refractivity contribution is 9.10. The molecular weight excluding hydrogens is 296 g/mol. The lowest BCUT2D eigenvalue weighted by Gasteiger charge is -2.13. The lowest BCUT2D eigenvalue weighted by Crippen LogP contribution is -2.15. The van der Waals surface area contributed by atoms with Gasteiger partial charge in [-0.1, -0.05) is 15.9 Å². The van der Waals surface area contributed by atoms with Gasteiger partial charge in [-0.15, -0.1) is 0 Å². The summed E-state index contributed by atoms with van der Waals surface area (Å²) in [4.78, 5) is 10.4. The average molecular weight is 301 g/mol. The Kier molecular flexibility index (Phi) is 3.57. The molecule has 0 aromatic heterocycles. The van der Waals surface area contributed by atoms with E-state index in [1.807, 2.05) is 0 Å². The number of carboxylic acids is 1. The molecule has 88 valence electrons. The van der Waals surface area contributed by atoms with E-state index >= 15 is 0 Å². The Bertz CT molecular complexity index is 428. The number of carboxylic acid groups (broad SMARTS) is 1. The maximum atomic E-state index is 13.0. The third kappa shape index (κ3) is 2.72. The normalized spacial score (nSPS) is 11.6. The fourth-order valence-electron chi connectivity index (χ4n) is 1.22. The quantitative estimate of drug-likeness (QED) is 0.852. The van der Waals surface area contributed by atoms with Gasteiger partial charge in [0.2, 0.25) is 0 Å². The van der Waals surface area contributed by atoms with Crippen molar-refractivity contribution in [2.45, 2.75) is 12.6 Å². The number of aliphatic carboxylic acids is 1. The molecule has 0 atom stereocenters. The molecule has 0 aliphatic carbocycles. The average Bonchev–Trinajstić information content (AvgIpc) is 2.08. The van der Waals surface area contributed by atoms with Gasteiger partial charge < -0.3 is 5.11 Å². The van der Waals surface area contributed by atoms with Gasteiger partial charge in [-0.05, 0) is 17.7 Å². The van der Waals surface area contributed by atoms with E-state index in [4.69, 9.17) is 5.11 Å². The molecule has 2 nitrogen and oxygen atoms in total. The molecule has 0 heterocycles. The minimum absolute atomic E-state index is 0.0800. The van der Waals surface area contributed by atoms with Crippen LogP contribution in [0.3, 0.4) is 0 Å². The molecule has 7 heteroatoms. The maximum Gasteiger partial charge on any atom is 0.419 e. The minimum atomic E-state index is -4.92. The van der Waals surface area contributed by atoms with Crippen molar-refractivity contribution in [2.75, 3.05) is 0 Å². The topological polar surface area (TPSA) is 37.3 Å². The largest absolute Gasteiger partial charge is 0.481 e. The summed E-state index contributed by atoms with van der Waals surface area (Å²) in [6, 6.07) is 1.68. The predicted octanol–water partition coefficient (Wildman–Crippen LogP) is 3.23. The van der Waals surface area contributed by atoms with Crippen LogP contribution in [0.4, 0.5) is 17.6 Å². The number of carbonyl (C=O) groups is 1. The Morgan fingerprint density at radius 3 is 2.38 bits per heavy atom. The molecule has 1 aromatic carbocycles. The Hall–Kier alpha value is -1.11. The van der Waals surface area contributed by atoms with Crippen LogP contribution >= 0.6 is 15.9 Å². The fraction of sp³-hybridized carbons (Fsp3) is 0.222. The molecule has 0 saturated carbocycles. The second-order valence-electron chi connectivity index (χ2n) is 2.95. The molecule has 1 N–H and O–H groups in total. The summed E-state index contributed by atoms with van der Waals surface area (Å²) in [6.07, 6.45) is -5.81. The van der Waals surface area contributed by atoms with E-state index < -0.39 is 35.5 Å². The van der Waals surface area contributed by atoms with Crippen LogP contribution in [0.25, 0.3) is 0 Å². The first-order chi connectivity index (χ1) is 7.23. The third-order valence-corrected chi connectivity index (χ3v) is 2.56. The molecule has 16 heavy (non-hydrogen) atoms. The van der Waals surface area contributed by atoms with Crippen LogP contribution in [0, 0.1) is 5.82 Å². The SMILES string of the molecule is O=C(O)Cc1c(Br)ccc(F)c1C(F)(F)F. The summed E-state index contributed by atoms with van der Waals surface area (Å²) >= 11 is 2.77. The number of benzene rings is 1. The number of alkyl halides is 3. The van der Waals surface area contributed by atoms with Crippen LogP contribution in [-0.2, 0) is 17.4 Å². The second kappa shape index (κ2) is 4.40. The fourth-order valence-corrected chi connectivity index (χ4v) is 1.69. The molecule has 0 saturated heterocycles. The highest BCUT2D eigenvalue weighted by atomic mass is 79.9. The molecule has 0 aliphatic rings. The van der Waals surface area contributed by atoms with Crippen molar-refractivity contribution in [2.24, 2.45) is 0 Å². The van der Waals surface area contributed by atoms with Gasteiger partial charge in [0, 0.05) is 4.47 Å². The number of hydrogen-bond donors (Lipinski definition) is 1. The first-order valence-corrected chi connectivity index (χ1v) is 4.78. The summed E-state index contributed by atoms with van der Waals surface area (Å²) in [5.41, 5.74) is -2.15. The van der Waals surface area contributed by atoms with Gasteiger partial charge in [-0.3, -0.25) is 4.79 Å². The Balaban J connectivity index is 3.43. The number of hydrogen-bond acceptors (Lipinski definition) is 1. The van der Waals surface area contributed by atoms with E-state index in [0.29, 0.717) is 6.07 Å². The Morgan fingerprint density at radius 2 is 1.94 bits per heavy atom. The van der Waals surface area contributed by atoms with Gasteiger partial charge in [-0.2, -0.15) is 13.2 Å². The van der Waals surface area contributed by atoms with Gasteiger partial charge in [0.25, 0.3) is 0 Å². The van der Waals surface area contributed by atoms with Crippen LogP contribution in [0.1, 0.15) is 11.1 Å². The zero-order valence-corrected chi connectivity index (χ0v) is 9.19. The standard InChI is InChI=1S/C9H5BrF4O2/c10-5-1-2-6(11)8(9(12,13)14)4(5)3-7(15)16/h1-2H,3H2,(H,15,16). The van der Waals surface area contributed by atoms with Gasteiger partial charge in [0.1, 0.15) is 5.82 Å². The van der Waals surface area contributed by atoms with E-state index in [-0.39, 0.29) is 4.47 Å². The molecule has 0 aliphatic heterocycles. The summed E-state index contributed by atoms with van der Waals surface area (Å²) < 4.78 is 50.4. The molecule has 0 fully saturated rings. The van der Waals surface area contributed by atoms with Crippen LogP contribution < -0.4 is 0 Å². The molecule has 1 rings (SSSR count). The van der Waals surface area contributed by atoms with E-state index in [2.05, 4.69) is 15.9 Å². The first-order valence-electron chi connectivity index (χ1n) is 3.99. The number of rotatable bonds is 2. The van der Waals surface area contributed by atoms with Crippen LogP contribution in [0.5, 0.6) is 0 Å². The molecule has 0 bridgehead atoms. The highest BCUT2D eigenvalue weighted by Gasteiger charge is 2.38. The molecule has 0 spiro atoms. The van der Waals surface area contributed by atoms with E-state index in [9.17, 15) is 22.4 Å². The summed E-state index contributed by atoms with van der Waals surface area (Å²) in [5, 5.41) is 8.46. The zero-order chi connectivity index (χ0) is 12.5. The van der Waals surface area contributed by atoms with Crippen molar-refractivity contribution >= 4 is 21.9 Å².